The Balaban J connectivity index is 2.58. The molecule has 0 fully saturated rings. The highest BCUT2D eigenvalue weighted by Crippen LogP contribution is 2.32. The van der Waals surface area contributed by atoms with Crippen molar-refractivity contribution in [2.45, 2.75) is 26.7 Å². The second kappa shape index (κ2) is 4.53. The molecular weight excluding hydrogens is 232 g/mol. The number of halogens is 1. The van der Waals surface area contributed by atoms with E-state index in [1.54, 1.807) is 0 Å². The van der Waals surface area contributed by atoms with E-state index in [0.29, 0.717) is 5.92 Å². The quantitative estimate of drug-likeness (QED) is 0.780. The Morgan fingerprint density at radius 2 is 1.94 bits per heavy atom. The molecule has 0 aliphatic carbocycles. The number of benzene rings is 1. The summed E-state index contributed by atoms with van der Waals surface area (Å²) in [5.41, 5.74) is 4.49. The van der Waals surface area contributed by atoms with Crippen LogP contribution in [-0.4, -0.2) is 9.78 Å². The van der Waals surface area contributed by atoms with E-state index in [4.69, 9.17) is 11.6 Å². The number of aromatic nitrogens is 2. The fourth-order valence-electron chi connectivity index (χ4n) is 1.97. The highest BCUT2D eigenvalue weighted by Gasteiger charge is 2.11. The Labute approximate surface area is 107 Å². The summed E-state index contributed by atoms with van der Waals surface area (Å²) in [6.45, 7) is 6.37. The van der Waals surface area contributed by atoms with Gasteiger partial charge < -0.3 is 0 Å². The molecule has 0 radical (unpaired) electrons. The minimum atomic E-state index is 0.503. The monoisotopic (exact) mass is 248 g/mol. The van der Waals surface area contributed by atoms with Gasteiger partial charge in [-0.2, -0.15) is 5.10 Å². The highest BCUT2D eigenvalue weighted by atomic mass is 35.5. The van der Waals surface area contributed by atoms with Crippen LogP contribution in [0.2, 0.25) is 5.02 Å². The lowest BCUT2D eigenvalue weighted by Crippen LogP contribution is -1.89. The first-order chi connectivity index (χ1) is 7.99. The van der Waals surface area contributed by atoms with Crippen LogP contribution in [0.4, 0.5) is 0 Å². The average Bonchev–Trinajstić information content (AvgIpc) is 2.58. The first-order valence-electron chi connectivity index (χ1n) is 5.79. The molecular formula is C14H17ClN2. The predicted molar refractivity (Wildman–Crippen MR) is 72.5 cm³/mol. The van der Waals surface area contributed by atoms with E-state index in [9.17, 15) is 0 Å². The molecule has 0 spiro atoms. The van der Waals surface area contributed by atoms with Crippen LogP contribution in [0.15, 0.2) is 24.4 Å². The smallest absolute Gasteiger partial charge is 0.0672 e. The number of rotatable bonds is 2. The normalized spacial score (nSPS) is 11.2. The van der Waals surface area contributed by atoms with Crippen LogP contribution in [0.3, 0.4) is 0 Å². The number of hydrogen-bond donors (Lipinski definition) is 0. The minimum absolute atomic E-state index is 0.503. The third-order valence-corrected chi connectivity index (χ3v) is 3.29. The molecule has 1 aromatic carbocycles. The summed E-state index contributed by atoms with van der Waals surface area (Å²) >= 11 is 6.28. The number of hydrogen-bond acceptors (Lipinski definition) is 1. The van der Waals surface area contributed by atoms with Crippen LogP contribution in [0.1, 0.15) is 31.0 Å². The van der Waals surface area contributed by atoms with E-state index in [1.165, 1.54) is 5.56 Å². The lowest BCUT2D eigenvalue weighted by molar-refractivity contribution is 0.756. The van der Waals surface area contributed by atoms with Crippen molar-refractivity contribution in [3.05, 3.63) is 40.7 Å². The maximum Gasteiger partial charge on any atom is 0.0672 e. The molecule has 0 aliphatic heterocycles. The van der Waals surface area contributed by atoms with Gasteiger partial charge in [0.15, 0.2) is 0 Å². The Hall–Kier alpha value is -1.28. The van der Waals surface area contributed by atoms with E-state index in [-0.39, 0.29) is 0 Å². The number of aryl methyl sites for hydroxylation is 2. The van der Waals surface area contributed by atoms with Gasteiger partial charge in [-0.3, -0.25) is 4.68 Å². The lowest BCUT2D eigenvalue weighted by Gasteiger charge is -2.09. The van der Waals surface area contributed by atoms with Crippen LogP contribution in [0.25, 0.3) is 11.1 Å². The molecule has 2 nitrogen and oxygen atoms in total. The fraction of sp³-hybridized carbons (Fsp3) is 0.357. The molecule has 90 valence electrons. The predicted octanol–water partition coefficient (Wildman–Crippen LogP) is 4.17. The fourth-order valence-corrected chi connectivity index (χ4v) is 2.19. The van der Waals surface area contributed by atoms with Crippen LogP contribution < -0.4 is 0 Å². The summed E-state index contributed by atoms with van der Waals surface area (Å²) in [7, 11) is 1.93. The molecule has 3 heteroatoms. The second-order valence-corrected chi connectivity index (χ2v) is 5.10. The Bertz CT molecular complexity index is 541. The summed E-state index contributed by atoms with van der Waals surface area (Å²) in [5.74, 6) is 0.503. The first kappa shape index (κ1) is 12.2. The molecule has 0 atom stereocenters. The zero-order valence-corrected chi connectivity index (χ0v) is 11.4. The van der Waals surface area contributed by atoms with Crippen LogP contribution >= 0.6 is 11.6 Å². The van der Waals surface area contributed by atoms with Gasteiger partial charge in [0, 0.05) is 29.4 Å². The molecule has 1 aromatic heterocycles. The van der Waals surface area contributed by atoms with Crippen molar-refractivity contribution < 1.29 is 0 Å². The van der Waals surface area contributed by atoms with Gasteiger partial charge in [-0.05, 0) is 30.5 Å². The molecule has 1 heterocycles. The van der Waals surface area contributed by atoms with Crippen molar-refractivity contribution in [1.29, 1.82) is 0 Å². The van der Waals surface area contributed by atoms with E-state index in [2.05, 4.69) is 31.1 Å². The molecule has 2 rings (SSSR count). The van der Waals surface area contributed by atoms with Crippen LogP contribution in [0, 0.1) is 6.92 Å². The third kappa shape index (κ3) is 2.37. The molecule has 0 bridgehead atoms. The number of nitrogens with zero attached hydrogens (tertiary/aromatic N) is 2. The average molecular weight is 249 g/mol. The van der Waals surface area contributed by atoms with Crippen molar-refractivity contribution in [2.75, 3.05) is 0 Å². The SMILES string of the molecule is Cc1nn(C)cc1-c1cc(C(C)C)ccc1Cl. The zero-order valence-electron chi connectivity index (χ0n) is 10.7. The highest BCUT2D eigenvalue weighted by molar-refractivity contribution is 6.33. The van der Waals surface area contributed by atoms with Gasteiger partial charge >= 0.3 is 0 Å². The summed E-state index contributed by atoms with van der Waals surface area (Å²) < 4.78 is 1.82. The molecule has 17 heavy (non-hydrogen) atoms. The molecule has 2 aromatic rings. The summed E-state index contributed by atoms with van der Waals surface area (Å²) in [4.78, 5) is 0. The first-order valence-corrected chi connectivity index (χ1v) is 6.17. The Kier molecular flexibility index (Phi) is 3.25. The molecule has 0 saturated heterocycles. The van der Waals surface area contributed by atoms with Gasteiger partial charge in [-0.15, -0.1) is 0 Å². The molecule has 0 amide bonds. The maximum atomic E-state index is 6.28. The van der Waals surface area contributed by atoms with Crippen molar-refractivity contribution >= 4 is 11.6 Å². The largest absolute Gasteiger partial charge is 0.275 e. The van der Waals surface area contributed by atoms with Crippen molar-refractivity contribution in [2.24, 2.45) is 7.05 Å². The van der Waals surface area contributed by atoms with Gasteiger partial charge in [-0.25, -0.2) is 0 Å². The lowest BCUT2D eigenvalue weighted by atomic mass is 9.98. The van der Waals surface area contributed by atoms with E-state index >= 15 is 0 Å². The maximum absolute atomic E-state index is 6.28. The van der Waals surface area contributed by atoms with Crippen molar-refractivity contribution in [3.63, 3.8) is 0 Å². The molecule has 0 unspecified atom stereocenters. The third-order valence-electron chi connectivity index (χ3n) is 2.96. The van der Waals surface area contributed by atoms with E-state index < -0.39 is 0 Å². The van der Waals surface area contributed by atoms with Gasteiger partial charge in [0.1, 0.15) is 0 Å². The van der Waals surface area contributed by atoms with Gasteiger partial charge in [-0.1, -0.05) is 31.5 Å². The standard InChI is InChI=1S/C14H17ClN2/c1-9(2)11-5-6-14(15)12(7-11)13-8-17(4)16-10(13)3/h5-9H,1-4H3. The van der Waals surface area contributed by atoms with Crippen LogP contribution in [-0.2, 0) is 7.05 Å². The Morgan fingerprint density at radius 3 is 2.47 bits per heavy atom. The molecule has 0 aliphatic rings. The summed E-state index contributed by atoms with van der Waals surface area (Å²) in [6.07, 6.45) is 2.01. The van der Waals surface area contributed by atoms with Gasteiger partial charge in [0.25, 0.3) is 0 Å². The second-order valence-electron chi connectivity index (χ2n) is 4.70. The van der Waals surface area contributed by atoms with E-state index in [0.717, 1.165) is 21.8 Å². The van der Waals surface area contributed by atoms with Gasteiger partial charge in [0.05, 0.1) is 5.69 Å². The summed E-state index contributed by atoms with van der Waals surface area (Å²) in [6, 6.07) is 6.22. The van der Waals surface area contributed by atoms with E-state index in [1.807, 2.05) is 30.9 Å². The Morgan fingerprint density at radius 1 is 1.24 bits per heavy atom. The van der Waals surface area contributed by atoms with Gasteiger partial charge in [0.2, 0.25) is 0 Å². The summed E-state index contributed by atoms with van der Waals surface area (Å²) in [5, 5.41) is 5.14. The zero-order chi connectivity index (χ0) is 12.6. The minimum Gasteiger partial charge on any atom is -0.275 e. The van der Waals surface area contributed by atoms with Crippen molar-refractivity contribution in [3.8, 4) is 11.1 Å². The van der Waals surface area contributed by atoms with Crippen LogP contribution in [0.5, 0.6) is 0 Å². The molecule has 0 saturated carbocycles. The molecule has 0 N–H and O–H groups in total. The van der Waals surface area contributed by atoms with Crippen molar-refractivity contribution in [1.82, 2.24) is 9.78 Å². The topological polar surface area (TPSA) is 17.8 Å².